The van der Waals surface area contributed by atoms with Crippen molar-refractivity contribution in [3.8, 4) is 11.3 Å². The summed E-state index contributed by atoms with van der Waals surface area (Å²) >= 11 is 0. The van der Waals surface area contributed by atoms with E-state index in [1.54, 1.807) is 9.58 Å². The fourth-order valence-corrected chi connectivity index (χ4v) is 3.47. The molecule has 1 atom stereocenters. The maximum Gasteiger partial charge on any atom is 0.254 e. The number of amides is 1. The predicted octanol–water partition coefficient (Wildman–Crippen LogP) is 2.15. The zero-order chi connectivity index (χ0) is 17.6. The quantitative estimate of drug-likeness (QED) is 0.778. The number of aryl methyl sites for hydroxylation is 2. The molecule has 3 aromatic rings. The number of benzene rings is 1. The average molecular weight is 336 g/mol. The molecule has 6 heteroatoms. The SMILES string of the molecule is Cc1nn(C)c2nc(-c3ccccc3)cc(C(=O)N3CC[C@@H](O)C3)c12. The van der Waals surface area contributed by atoms with Gasteiger partial charge in [0.25, 0.3) is 5.91 Å². The first-order valence-corrected chi connectivity index (χ1v) is 8.41. The molecule has 25 heavy (non-hydrogen) atoms. The Balaban J connectivity index is 1.90. The van der Waals surface area contributed by atoms with E-state index in [0.717, 1.165) is 22.3 Å². The molecule has 0 spiro atoms. The Morgan fingerprint density at radius 1 is 1.28 bits per heavy atom. The summed E-state index contributed by atoms with van der Waals surface area (Å²) in [6.07, 6.45) is 0.183. The molecule has 0 aliphatic carbocycles. The maximum atomic E-state index is 13.1. The van der Waals surface area contributed by atoms with E-state index >= 15 is 0 Å². The lowest BCUT2D eigenvalue weighted by Crippen LogP contribution is -2.29. The van der Waals surface area contributed by atoms with Gasteiger partial charge in [-0.25, -0.2) is 4.98 Å². The van der Waals surface area contributed by atoms with Gasteiger partial charge in [0, 0.05) is 25.7 Å². The smallest absolute Gasteiger partial charge is 0.254 e. The maximum absolute atomic E-state index is 13.1. The van der Waals surface area contributed by atoms with E-state index in [2.05, 4.69) is 5.10 Å². The molecule has 1 amide bonds. The van der Waals surface area contributed by atoms with Crippen molar-refractivity contribution in [2.45, 2.75) is 19.4 Å². The normalized spacial score (nSPS) is 17.4. The Hall–Kier alpha value is -2.73. The number of carbonyl (C=O) groups excluding carboxylic acids is 1. The lowest BCUT2D eigenvalue weighted by Gasteiger charge is -2.17. The molecule has 0 radical (unpaired) electrons. The minimum absolute atomic E-state index is 0.0720. The van der Waals surface area contributed by atoms with Crippen molar-refractivity contribution >= 4 is 16.9 Å². The lowest BCUT2D eigenvalue weighted by molar-refractivity contribution is 0.0767. The number of carbonyl (C=O) groups is 1. The highest BCUT2D eigenvalue weighted by Crippen LogP contribution is 2.28. The number of likely N-dealkylation sites (tertiary alicyclic amines) is 1. The van der Waals surface area contributed by atoms with Gasteiger partial charge < -0.3 is 10.0 Å². The second-order valence-corrected chi connectivity index (χ2v) is 6.52. The molecule has 3 heterocycles. The van der Waals surface area contributed by atoms with Crippen molar-refractivity contribution in [3.63, 3.8) is 0 Å². The van der Waals surface area contributed by atoms with Crippen molar-refractivity contribution in [1.29, 1.82) is 0 Å². The van der Waals surface area contributed by atoms with Crippen LogP contribution in [0.2, 0.25) is 0 Å². The van der Waals surface area contributed by atoms with Gasteiger partial charge in [0.2, 0.25) is 0 Å². The van der Waals surface area contributed by atoms with Crippen LogP contribution in [0.3, 0.4) is 0 Å². The standard InChI is InChI=1S/C19H20N4O2/c1-12-17-15(19(25)23-9-8-14(24)11-23)10-16(13-6-4-3-5-7-13)20-18(17)22(2)21-12/h3-7,10,14,24H,8-9,11H2,1-2H3/t14-/m1/s1. The zero-order valence-electron chi connectivity index (χ0n) is 14.3. The van der Waals surface area contributed by atoms with E-state index in [0.29, 0.717) is 30.7 Å². The topological polar surface area (TPSA) is 71.2 Å². The molecule has 4 rings (SSSR count). The van der Waals surface area contributed by atoms with Crippen molar-refractivity contribution < 1.29 is 9.90 Å². The van der Waals surface area contributed by atoms with E-state index in [-0.39, 0.29) is 5.91 Å². The molecule has 1 aliphatic rings. The van der Waals surface area contributed by atoms with Gasteiger partial charge in [-0.2, -0.15) is 5.10 Å². The van der Waals surface area contributed by atoms with Crippen LogP contribution >= 0.6 is 0 Å². The van der Waals surface area contributed by atoms with Crippen LogP contribution in [0.15, 0.2) is 36.4 Å². The van der Waals surface area contributed by atoms with Crippen LogP contribution < -0.4 is 0 Å². The van der Waals surface area contributed by atoms with Crippen molar-refractivity contribution in [3.05, 3.63) is 47.7 Å². The van der Waals surface area contributed by atoms with Gasteiger partial charge in [-0.05, 0) is 19.4 Å². The van der Waals surface area contributed by atoms with Crippen LogP contribution in [0.4, 0.5) is 0 Å². The molecule has 0 saturated carbocycles. The molecule has 1 fully saturated rings. The van der Waals surface area contributed by atoms with Crippen LogP contribution in [0.1, 0.15) is 22.5 Å². The Morgan fingerprint density at radius 3 is 2.72 bits per heavy atom. The highest BCUT2D eigenvalue weighted by atomic mass is 16.3. The molecule has 1 N–H and O–H groups in total. The Labute approximate surface area is 145 Å². The summed E-state index contributed by atoms with van der Waals surface area (Å²) < 4.78 is 1.71. The average Bonchev–Trinajstić information content (AvgIpc) is 3.18. The first-order chi connectivity index (χ1) is 12.0. The molecular weight excluding hydrogens is 316 g/mol. The van der Waals surface area contributed by atoms with Crippen LogP contribution in [0.25, 0.3) is 22.3 Å². The van der Waals surface area contributed by atoms with Gasteiger partial charge >= 0.3 is 0 Å². The fourth-order valence-electron chi connectivity index (χ4n) is 3.47. The highest BCUT2D eigenvalue weighted by molar-refractivity contribution is 6.07. The van der Waals surface area contributed by atoms with Crippen molar-refractivity contribution in [2.24, 2.45) is 7.05 Å². The molecular formula is C19H20N4O2. The second-order valence-electron chi connectivity index (χ2n) is 6.52. The van der Waals surface area contributed by atoms with Crippen LogP contribution in [0, 0.1) is 6.92 Å². The number of aromatic nitrogens is 3. The van der Waals surface area contributed by atoms with Gasteiger partial charge in [0.05, 0.1) is 28.4 Å². The third-order valence-corrected chi connectivity index (χ3v) is 4.72. The summed E-state index contributed by atoms with van der Waals surface area (Å²) in [5.41, 5.74) is 3.79. The van der Waals surface area contributed by atoms with Crippen molar-refractivity contribution in [1.82, 2.24) is 19.7 Å². The third kappa shape index (κ3) is 2.68. The Bertz CT molecular complexity index is 949. The van der Waals surface area contributed by atoms with Gasteiger partial charge in [-0.15, -0.1) is 0 Å². The first kappa shape index (κ1) is 15.8. The minimum atomic E-state index is -0.440. The van der Waals surface area contributed by atoms with Crippen LogP contribution in [-0.2, 0) is 7.05 Å². The summed E-state index contributed by atoms with van der Waals surface area (Å²) in [6, 6.07) is 11.7. The monoisotopic (exact) mass is 336 g/mol. The number of hydrogen-bond acceptors (Lipinski definition) is 4. The minimum Gasteiger partial charge on any atom is -0.391 e. The number of aliphatic hydroxyl groups excluding tert-OH is 1. The van der Waals surface area contributed by atoms with Crippen LogP contribution in [-0.4, -0.2) is 49.9 Å². The zero-order valence-corrected chi connectivity index (χ0v) is 14.3. The lowest BCUT2D eigenvalue weighted by atomic mass is 10.0. The van der Waals surface area contributed by atoms with Gasteiger partial charge in [-0.1, -0.05) is 30.3 Å². The fraction of sp³-hybridized carbons (Fsp3) is 0.316. The molecule has 128 valence electrons. The third-order valence-electron chi connectivity index (χ3n) is 4.72. The number of rotatable bonds is 2. The van der Waals surface area contributed by atoms with E-state index in [9.17, 15) is 9.90 Å². The summed E-state index contributed by atoms with van der Waals surface area (Å²) in [7, 11) is 1.84. The summed E-state index contributed by atoms with van der Waals surface area (Å²) in [4.78, 5) is 19.5. The largest absolute Gasteiger partial charge is 0.391 e. The van der Waals surface area contributed by atoms with Gasteiger partial charge in [-0.3, -0.25) is 9.48 Å². The van der Waals surface area contributed by atoms with E-state index in [1.807, 2.05) is 50.4 Å². The molecule has 6 nitrogen and oxygen atoms in total. The molecule has 1 saturated heterocycles. The number of nitrogens with zero attached hydrogens (tertiary/aromatic N) is 4. The predicted molar refractivity (Wildman–Crippen MR) is 95.2 cm³/mol. The number of pyridine rings is 1. The second kappa shape index (κ2) is 5.97. The van der Waals surface area contributed by atoms with E-state index in [1.165, 1.54) is 0 Å². The number of fused-ring (bicyclic) bond motifs is 1. The molecule has 1 aromatic carbocycles. The van der Waals surface area contributed by atoms with Crippen molar-refractivity contribution in [2.75, 3.05) is 13.1 Å². The van der Waals surface area contributed by atoms with E-state index < -0.39 is 6.10 Å². The molecule has 0 unspecified atom stereocenters. The van der Waals surface area contributed by atoms with Gasteiger partial charge in [0.1, 0.15) is 0 Å². The highest BCUT2D eigenvalue weighted by Gasteiger charge is 2.28. The summed E-state index contributed by atoms with van der Waals surface area (Å²) in [5, 5.41) is 15.0. The molecule has 1 aliphatic heterocycles. The molecule has 0 bridgehead atoms. The summed E-state index contributed by atoms with van der Waals surface area (Å²) in [5.74, 6) is -0.0720. The summed E-state index contributed by atoms with van der Waals surface area (Å²) in [6.45, 7) is 2.84. The van der Waals surface area contributed by atoms with Crippen LogP contribution in [0.5, 0.6) is 0 Å². The molecule has 2 aromatic heterocycles. The Morgan fingerprint density at radius 2 is 2.04 bits per heavy atom. The number of hydrogen-bond donors (Lipinski definition) is 1. The number of β-amino-alcohol motifs (C(OH)–C–C–N with tert-alkyl or cyclic N) is 1. The van der Waals surface area contributed by atoms with Gasteiger partial charge in [0.15, 0.2) is 5.65 Å². The Kier molecular flexibility index (Phi) is 3.77. The van der Waals surface area contributed by atoms with E-state index in [4.69, 9.17) is 4.98 Å². The first-order valence-electron chi connectivity index (χ1n) is 8.41. The number of aliphatic hydroxyl groups is 1.